The van der Waals surface area contributed by atoms with Gasteiger partial charge in [-0.3, -0.25) is 0 Å². The molecule has 0 saturated carbocycles. The Balaban J connectivity index is 3.04. The first-order valence-corrected chi connectivity index (χ1v) is 4.58. The Kier molecular flexibility index (Phi) is 3.77. The van der Waals surface area contributed by atoms with Gasteiger partial charge in [-0.1, -0.05) is 0 Å². The van der Waals surface area contributed by atoms with Crippen LogP contribution in [0.15, 0.2) is 18.2 Å². The molecule has 0 aliphatic rings. The van der Waals surface area contributed by atoms with Crippen molar-refractivity contribution in [3.05, 3.63) is 29.6 Å². The Labute approximate surface area is 90.6 Å². The van der Waals surface area contributed by atoms with Gasteiger partial charge in [0.25, 0.3) is 0 Å². The number of aliphatic hydroxyl groups excluding tert-OH is 1. The maximum atomic E-state index is 12.9. The normalized spacial score (nSPS) is 13.6. The summed E-state index contributed by atoms with van der Waals surface area (Å²) < 4.78 is 42.7. The molecule has 0 amide bonds. The highest BCUT2D eigenvalue weighted by Gasteiger charge is 2.31. The van der Waals surface area contributed by atoms with Gasteiger partial charge in [0.15, 0.2) is 0 Å². The summed E-state index contributed by atoms with van der Waals surface area (Å²) in [6.45, 7) is 0.0570. The molecule has 0 spiro atoms. The van der Waals surface area contributed by atoms with Gasteiger partial charge >= 0.3 is 6.11 Å². The van der Waals surface area contributed by atoms with Gasteiger partial charge < -0.3 is 15.6 Å². The monoisotopic (exact) mass is 235 g/mol. The smallest absolute Gasteiger partial charge is 0.421 e. The van der Waals surface area contributed by atoms with E-state index in [0.29, 0.717) is 0 Å². The lowest BCUT2D eigenvalue weighted by atomic mass is 10.1. The van der Waals surface area contributed by atoms with Crippen LogP contribution < -0.4 is 10.5 Å². The van der Waals surface area contributed by atoms with E-state index < -0.39 is 24.6 Å². The van der Waals surface area contributed by atoms with Crippen LogP contribution in [0.25, 0.3) is 0 Å². The fourth-order valence-corrected chi connectivity index (χ4v) is 1.16. The van der Waals surface area contributed by atoms with Crippen LogP contribution in [0.3, 0.4) is 0 Å². The van der Waals surface area contributed by atoms with Crippen LogP contribution in [0.5, 0.6) is 5.75 Å². The number of benzene rings is 1. The summed E-state index contributed by atoms with van der Waals surface area (Å²) in [4.78, 5) is 0. The van der Waals surface area contributed by atoms with E-state index in [1.54, 1.807) is 0 Å². The fraction of sp³-hybridized carbons (Fsp3) is 0.400. The van der Waals surface area contributed by atoms with Crippen molar-refractivity contribution in [3.8, 4) is 5.75 Å². The number of aliphatic hydroxyl groups is 1. The maximum absolute atomic E-state index is 12.9. The molecule has 3 N–H and O–H groups in total. The van der Waals surface area contributed by atoms with E-state index in [-0.39, 0.29) is 11.3 Å². The van der Waals surface area contributed by atoms with Crippen LogP contribution in [0.2, 0.25) is 0 Å². The summed E-state index contributed by atoms with van der Waals surface area (Å²) in [6, 6.07) is 2.40. The number of hydrogen-bond acceptors (Lipinski definition) is 3. The molecule has 1 aromatic rings. The van der Waals surface area contributed by atoms with Crippen LogP contribution in [-0.2, 0) is 0 Å². The van der Waals surface area contributed by atoms with Gasteiger partial charge in [-0.05, 0) is 25.1 Å². The molecule has 0 aliphatic carbocycles. The third-order valence-corrected chi connectivity index (χ3v) is 1.91. The SMILES string of the molecule is CC(N)c1cc(F)ccc1OC(F)(F)CO. The Morgan fingerprint density at radius 1 is 1.50 bits per heavy atom. The summed E-state index contributed by atoms with van der Waals surface area (Å²) in [5, 5.41) is 8.36. The van der Waals surface area contributed by atoms with Crippen molar-refractivity contribution < 1.29 is 23.0 Å². The molecule has 0 fully saturated rings. The van der Waals surface area contributed by atoms with E-state index in [1.165, 1.54) is 6.92 Å². The highest BCUT2D eigenvalue weighted by molar-refractivity contribution is 5.36. The quantitative estimate of drug-likeness (QED) is 0.836. The number of nitrogens with two attached hydrogens (primary N) is 1. The largest absolute Gasteiger partial charge is 0.431 e. The van der Waals surface area contributed by atoms with Gasteiger partial charge in [0.1, 0.15) is 18.2 Å². The first-order valence-electron chi connectivity index (χ1n) is 4.58. The zero-order valence-electron chi connectivity index (χ0n) is 8.58. The van der Waals surface area contributed by atoms with Crippen molar-refractivity contribution in [2.45, 2.75) is 19.1 Å². The summed E-state index contributed by atoms with van der Waals surface area (Å²) >= 11 is 0. The van der Waals surface area contributed by atoms with Gasteiger partial charge in [0, 0.05) is 11.6 Å². The van der Waals surface area contributed by atoms with Crippen molar-refractivity contribution >= 4 is 0 Å². The maximum Gasteiger partial charge on any atom is 0.421 e. The molecule has 16 heavy (non-hydrogen) atoms. The number of halogens is 3. The predicted molar refractivity (Wildman–Crippen MR) is 51.7 cm³/mol. The average Bonchev–Trinajstić information content (AvgIpc) is 2.20. The standard InChI is InChI=1S/C10H12F3NO2/c1-6(14)8-4-7(11)2-3-9(8)16-10(12,13)5-15/h2-4,6,15H,5,14H2,1H3. The van der Waals surface area contributed by atoms with E-state index in [0.717, 1.165) is 18.2 Å². The van der Waals surface area contributed by atoms with Crippen molar-refractivity contribution in [3.63, 3.8) is 0 Å². The summed E-state index contributed by atoms with van der Waals surface area (Å²) in [5.74, 6) is -0.831. The Hall–Kier alpha value is -1.27. The summed E-state index contributed by atoms with van der Waals surface area (Å²) in [5.41, 5.74) is 5.61. The number of ether oxygens (including phenoxy) is 1. The molecule has 0 aromatic heterocycles. The van der Waals surface area contributed by atoms with Gasteiger partial charge in [0.2, 0.25) is 0 Å². The predicted octanol–water partition coefficient (Wildman–Crippen LogP) is 1.81. The van der Waals surface area contributed by atoms with E-state index in [1.807, 2.05) is 0 Å². The zero-order chi connectivity index (χ0) is 12.3. The molecular formula is C10H12F3NO2. The second-order valence-corrected chi connectivity index (χ2v) is 3.37. The van der Waals surface area contributed by atoms with Crippen LogP contribution in [0, 0.1) is 5.82 Å². The zero-order valence-corrected chi connectivity index (χ0v) is 8.58. The molecule has 1 atom stereocenters. The topological polar surface area (TPSA) is 55.5 Å². The lowest BCUT2D eigenvalue weighted by Crippen LogP contribution is -2.30. The number of rotatable bonds is 4. The van der Waals surface area contributed by atoms with Crippen LogP contribution in [0.1, 0.15) is 18.5 Å². The third kappa shape index (κ3) is 3.11. The summed E-state index contributed by atoms with van der Waals surface area (Å²) in [6.07, 6.45) is -3.71. The lowest BCUT2D eigenvalue weighted by Gasteiger charge is -2.19. The molecule has 0 heterocycles. The van der Waals surface area contributed by atoms with Crippen LogP contribution in [0.4, 0.5) is 13.2 Å². The molecule has 6 heteroatoms. The molecule has 0 bridgehead atoms. The highest BCUT2D eigenvalue weighted by atomic mass is 19.3. The van der Waals surface area contributed by atoms with Crippen LogP contribution in [-0.4, -0.2) is 17.8 Å². The van der Waals surface area contributed by atoms with Crippen molar-refractivity contribution in [2.75, 3.05) is 6.61 Å². The molecular weight excluding hydrogens is 223 g/mol. The second-order valence-electron chi connectivity index (χ2n) is 3.37. The first kappa shape index (κ1) is 12.8. The molecule has 1 unspecified atom stereocenters. The second kappa shape index (κ2) is 4.71. The number of alkyl halides is 2. The molecule has 90 valence electrons. The van der Waals surface area contributed by atoms with Crippen molar-refractivity contribution in [1.29, 1.82) is 0 Å². The number of hydrogen-bond donors (Lipinski definition) is 2. The lowest BCUT2D eigenvalue weighted by molar-refractivity contribution is -0.201. The van der Waals surface area contributed by atoms with Gasteiger partial charge in [0.05, 0.1) is 0 Å². The van der Waals surface area contributed by atoms with E-state index >= 15 is 0 Å². The minimum absolute atomic E-state index is 0.119. The Morgan fingerprint density at radius 2 is 2.12 bits per heavy atom. The van der Waals surface area contributed by atoms with E-state index in [4.69, 9.17) is 10.8 Å². The Bertz CT molecular complexity index is 369. The van der Waals surface area contributed by atoms with Crippen molar-refractivity contribution in [1.82, 2.24) is 0 Å². The molecule has 3 nitrogen and oxygen atoms in total. The highest BCUT2D eigenvalue weighted by Crippen LogP contribution is 2.29. The van der Waals surface area contributed by atoms with E-state index in [9.17, 15) is 13.2 Å². The first-order chi connectivity index (χ1) is 7.35. The van der Waals surface area contributed by atoms with Crippen LogP contribution >= 0.6 is 0 Å². The molecule has 0 radical (unpaired) electrons. The van der Waals surface area contributed by atoms with Gasteiger partial charge in [-0.25, -0.2) is 4.39 Å². The van der Waals surface area contributed by atoms with Crippen molar-refractivity contribution in [2.24, 2.45) is 5.73 Å². The molecule has 0 saturated heterocycles. The minimum Gasteiger partial charge on any atom is -0.431 e. The average molecular weight is 235 g/mol. The van der Waals surface area contributed by atoms with Gasteiger partial charge in [-0.15, -0.1) is 0 Å². The molecule has 0 aliphatic heterocycles. The Morgan fingerprint density at radius 3 is 2.62 bits per heavy atom. The van der Waals surface area contributed by atoms with Gasteiger partial charge in [-0.2, -0.15) is 8.78 Å². The molecule has 1 aromatic carbocycles. The van der Waals surface area contributed by atoms with E-state index in [2.05, 4.69) is 4.74 Å². The molecule has 1 rings (SSSR count). The minimum atomic E-state index is -3.71. The fourth-order valence-electron chi connectivity index (χ4n) is 1.16. The third-order valence-electron chi connectivity index (χ3n) is 1.91. The summed E-state index contributed by atoms with van der Waals surface area (Å²) in [7, 11) is 0.